The number of rotatable bonds is 0. The van der Waals surface area contributed by atoms with Crippen molar-refractivity contribution < 1.29 is 9.84 Å². The molecular weight excluding hydrogens is 212 g/mol. The third kappa shape index (κ3) is 1.68. The summed E-state index contributed by atoms with van der Waals surface area (Å²) in [7, 11) is 0. The van der Waals surface area contributed by atoms with E-state index in [1.54, 1.807) is 5.57 Å². The van der Waals surface area contributed by atoms with E-state index in [1.165, 1.54) is 19.3 Å². The highest BCUT2D eigenvalue weighted by Gasteiger charge is 2.53. The van der Waals surface area contributed by atoms with Crippen molar-refractivity contribution in [2.75, 3.05) is 0 Å². The van der Waals surface area contributed by atoms with Crippen LogP contribution in [0.25, 0.3) is 0 Å². The molecule has 3 aliphatic rings. The van der Waals surface area contributed by atoms with Crippen molar-refractivity contribution in [1.29, 1.82) is 0 Å². The Morgan fingerprint density at radius 3 is 2.76 bits per heavy atom. The van der Waals surface area contributed by atoms with E-state index in [-0.39, 0.29) is 5.60 Å². The van der Waals surface area contributed by atoms with Crippen LogP contribution < -0.4 is 0 Å². The Kier molecular flexibility index (Phi) is 2.47. The molecule has 2 nitrogen and oxygen atoms in total. The van der Waals surface area contributed by atoms with E-state index in [0.29, 0.717) is 17.3 Å². The maximum absolute atomic E-state index is 9.80. The van der Waals surface area contributed by atoms with E-state index in [4.69, 9.17) is 4.74 Å². The average Bonchev–Trinajstić information content (AvgIpc) is 2.52. The van der Waals surface area contributed by atoms with Gasteiger partial charge in [0.25, 0.3) is 0 Å². The maximum atomic E-state index is 9.80. The third-order valence-electron chi connectivity index (χ3n) is 5.43. The standard InChI is InChI=1S/C15H24O2/c1-14(2)7-4-5-10-11(14)6-8-15(3)12(10)9-13(16)17-15/h5,11-13,16H,4,6-9H2,1-3H3/t11-,12-,13?,15-/m1/s1. The molecule has 2 heteroatoms. The minimum Gasteiger partial charge on any atom is -0.368 e. The summed E-state index contributed by atoms with van der Waals surface area (Å²) in [5.74, 6) is 1.17. The molecule has 1 N–H and O–H groups in total. The maximum Gasteiger partial charge on any atom is 0.155 e. The number of hydrogen-bond donors (Lipinski definition) is 1. The molecule has 4 atom stereocenters. The summed E-state index contributed by atoms with van der Waals surface area (Å²) in [5, 5.41) is 9.80. The Morgan fingerprint density at radius 1 is 1.24 bits per heavy atom. The molecule has 1 saturated carbocycles. The largest absolute Gasteiger partial charge is 0.368 e. The molecule has 1 unspecified atom stereocenters. The molecule has 0 spiro atoms. The monoisotopic (exact) mass is 236 g/mol. The zero-order valence-corrected chi connectivity index (χ0v) is 11.2. The van der Waals surface area contributed by atoms with Crippen molar-refractivity contribution in [2.24, 2.45) is 17.3 Å². The molecule has 0 aromatic rings. The molecule has 1 heterocycles. The van der Waals surface area contributed by atoms with Gasteiger partial charge in [0.05, 0.1) is 5.60 Å². The number of aliphatic hydroxyl groups is 1. The van der Waals surface area contributed by atoms with Gasteiger partial charge < -0.3 is 9.84 Å². The van der Waals surface area contributed by atoms with Gasteiger partial charge in [-0.3, -0.25) is 0 Å². The lowest BCUT2D eigenvalue weighted by Gasteiger charge is -2.49. The number of aliphatic hydroxyl groups excluding tert-OH is 1. The van der Waals surface area contributed by atoms with Crippen LogP contribution in [-0.4, -0.2) is 17.0 Å². The van der Waals surface area contributed by atoms with Crippen molar-refractivity contribution in [3.8, 4) is 0 Å². The van der Waals surface area contributed by atoms with E-state index in [2.05, 4.69) is 26.8 Å². The summed E-state index contributed by atoms with van der Waals surface area (Å²) >= 11 is 0. The van der Waals surface area contributed by atoms with Gasteiger partial charge in [-0.25, -0.2) is 0 Å². The highest BCUT2D eigenvalue weighted by atomic mass is 16.6. The van der Waals surface area contributed by atoms with Gasteiger partial charge in [0.15, 0.2) is 6.29 Å². The van der Waals surface area contributed by atoms with E-state index < -0.39 is 6.29 Å². The fourth-order valence-electron chi connectivity index (χ4n) is 4.37. The Bertz CT molecular complexity index is 358. The van der Waals surface area contributed by atoms with Gasteiger partial charge in [-0.05, 0) is 43.9 Å². The minimum absolute atomic E-state index is 0.102. The molecule has 0 radical (unpaired) electrons. The van der Waals surface area contributed by atoms with Crippen LogP contribution in [0.5, 0.6) is 0 Å². The van der Waals surface area contributed by atoms with Gasteiger partial charge >= 0.3 is 0 Å². The van der Waals surface area contributed by atoms with Crippen LogP contribution in [0, 0.1) is 17.3 Å². The summed E-state index contributed by atoms with van der Waals surface area (Å²) in [6.45, 7) is 6.99. The first-order valence-corrected chi connectivity index (χ1v) is 6.98. The van der Waals surface area contributed by atoms with E-state index in [0.717, 1.165) is 12.8 Å². The van der Waals surface area contributed by atoms with Crippen LogP contribution in [0.3, 0.4) is 0 Å². The topological polar surface area (TPSA) is 29.5 Å². The second-order valence-electron chi connectivity index (χ2n) is 7.00. The lowest BCUT2D eigenvalue weighted by Crippen LogP contribution is -2.44. The predicted octanol–water partition coefficient (Wildman–Crippen LogP) is 3.26. The van der Waals surface area contributed by atoms with Crippen LogP contribution in [0.2, 0.25) is 0 Å². The van der Waals surface area contributed by atoms with Gasteiger partial charge in [0.1, 0.15) is 0 Å². The van der Waals surface area contributed by atoms with Crippen molar-refractivity contribution in [2.45, 2.75) is 64.8 Å². The number of allylic oxidation sites excluding steroid dienone is 1. The number of hydrogen-bond acceptors (Lipinski definition) is 2. The van der Waals surface area contributed by atoms with Crippen molar-refractivity contribution in [1.82, 2.24) is 0 Å². The molecule has 2 aliphatic carbocycles. The first kappa shape index (κ1) is 11.7. The molecule has 0 aromatic carbocycles. The van der Waals surface area contributed by atoms with Gasteiger partial charge in [-0.2, -0.15) is 0 Å². The lowest BCUT2D eigenvalue weighted by molar-refractivity contribution is -0.143. The van der Waals surface area contributed by atoms with Crippen LogP contribution in [0.1, 0.15) is 52.9 Å². The van der Waals surface area contributed by atoms with Crippen LogP contribution in [0.15, 0.2) is 11.6 Å². The van der Waals surface area contributed by atoms with E-state index in [9.17, 15) is 5.11 Å². The summed E-state index contributed by atoms with van der Waals surface area (Å²) in [6, 6.07) is 0. The van der Waals surface area contributed by atoms with Crippen LogP contribution in [-0.2, 0) is 4.74 Å². The molecule has 1 saturated heterocycles. The Labute approximate surface area is 104 Å². The molecular formula is C15H24O2. The van der Waals surface area contributed by atoms with Gasteiger partial charge in [0.2, 0.25) is 0 Å². The van der Waals surface area contributed by atoms with Crippen molar-refractivity contribution in [3.63, 3.8) is 0 Å². The molecule has 0 bridgehead atoms. The number of ether oxygens (including phenoxy) is 1. The van der Waals surface area contributed by atoms with Crippen LogP contribution >= 0.6 is 0 Å². The van der Waals surface area contributed by atoms with Gasteiger partial charge in [-0.15, -0.1) is 0 Å². The van der Waals surface area contributed by atoms with E-state index in [1.807, 2.05) is 0 Å². The lowest BCUT2D eigenvalue weighted by atomic mass is 9.57. The molecule has 0 aromatic heterocycles. The summed E-state index contributed by atoms with van der Waals surface area (Å²) in [6.07, 6.45) is 7.51. The molecule has 1 aliphatic heterocycles. The molecule has 96 valence electrons. The molecule has 17 heavy (non-hydrogen) atoms. The quantitative estimate of drug-likeness (QED) is 0.654. The minimum atomic E-state index is -0.547. The van der Waals surface area contributed by atoms with Crippen molar-refractivity contribution >= 4 is 0 Å². The second-order valence-corrected chi connectivity index (χ2v) is 7.00. The van der Waals surface area contributed by atoms with Crippen LogP contribution in [0.4, 0.5) is 0 Å². The molecule has 3 rings (SSSR count). The smallest absolute Gasteiger partial charge is 0.155 e. The van der Waals surface area contributed by atoms with Gasteiger partial charge in [0, 0.05) is 12.3 Å². The summed E-state index contributed by atoms with van der Waals surface area (Å²) < 4.78 is 5.78. The summed E-state index contributed by atoms with van der Waals surface area (Å²) in [4.78, 5) is 0. The Hall–Kier alpha value is -0.340. The highest BCUT2D eigenvalue weighted by molar-refractivity contribution is 5.25. The zero-order chi connectivity index (χ0) is 12.3. The van der Waals surface area contributed by atoms with Gasteiger partial charge in [-0.1, -0.05) is 25.5 Å². The fraction of sp³-hybridized carbons (Fsp3) is 0.867. The highest BCUT2D eigenvalue weighted by Crippen LogP contribution is 2.56. The zero-order valence-electron chi connectivity index (χ0n) is 11.2. The Morgan fingerprint density at radius 2 is 2.00 bits per heavy atom. The predicted molar refractivity (Wildman–Crippen MR) is 67.4 cm³/mol. The first-order valence-electron chi connectivity index (χ1n) is 6.98. The molecule has 0 amide bonds. The fourth-order valence-corrected chi connectivity index (χ4v) is 4.37. The average molecular weight is 236 g/mol. The first-order chi connectivity index (χ1) is 7.92. The second kappa shape index (κ2) is 3.58. The normalized spacial score (nSPS) is 48.2. The SMILES string of the molecule is CC1(C)CCC=C2[C@H]1CC[C@@]1(C)OC(O)C[C@H]21. The molecule has 2 fully saturated rings. The van der Waals surface area contributed by atoms with Crippen molar-refractivity contribution in [3.05, 3.63) is 11.6 Å². The third-order valence-corrected chi connectivity index (χ3v) is 5.43. The van der Waals surface area contributed by atoms with E-state index >= 15 is 0 Å². The summed E-state index contributed by atoms with van der Waals surface area (Å²) in [5.41, 5.74) is 1.92. The Balaban J connectivity index is 1.95. The number of fused-ring (bicyclic) bond motifs is 3.